The standard InChI is InChI=1S/C11H21NO3/c1-9(4-2-6-13)12-11(14)8-10-5-3-7-15-10/h9-10,13H,2-8H2,1H3,(H,12,14). The Balaban J connectivity index is 2.11. The van der Waals surface area contributed by atoms with Crippen LogP contribution in [-0.2, 0) is 9.53 Å². The first-order valence-electron chi connectivity index (χ1n) is 5.74. The van der Waals surface area contributed by atoms with Gasteiger partial charge in [-0.25, -0.2) is 0 Å². The highest BCUT2D eigenvalue weighted by molar-refractivity contribution is 5.76. The Morgan fingerprint density at radius 1 is 1.67 bits per heavy atom. The lowest BCUT2D eigenvalue weighted by Crippen LogP contribution is -2.34. The number of ether oxygens (including phenoxy) is 1. The monoisotopic (exact) mass is 215 g/mol. The normalized spacial score (nSPS) is 22.7. The van der Waals surface area contributed by atoms with Crippen LogP contribution in [0.5, 0.6) is 0 Å². The van der Waals surface area contributed by atoms with Gasteiger partial charge in [-0.05, 0) is 32.6 Å². The van der Waals surface area contributed by atoms with Gasteiger partial charge in [0.05, 0.1) is 12.5 Å². The Bertz CT molecular complexity index is 190. The molecule has 4 heteroatoms. The van der Waals surface area contributed by atoms with E-state index in [2.05, 4.69) is 5.32 Å². The smallest absolute Gasteiger partial charge is 0.222 e. The summed E-state index contributed by atoms with van der Waals surface area (Å²) >= 11 is 0. The van der Waals surface area contributed by atoms with Crippen LogP contribution in [0.4, 0.5) is 0 Å². The van der Waals surface area contributed by atoms with E-state index in [1.807, 2.05) is 6.92 Å². The minimum atomic E-state index is 0.0624. The van der Waals surface area contributed by atoms with Crippen molar-refractivity contribution in [2.45, 2.75) is 51.2 Å². The number of amides is 1. The highest BCUT2D eigenvalue weighted by Gasteiger charge is 2.19. The quantitative estimate of drug-likeness (QED) is 0.690. The van der Waals surface area contributed by atoms with Crippen LogP contribution < -0.4 is 5.32 Å². The summed E-state index contributed by atoms with van der Waals surface area (Å²) in [5.41, 5.74) is 0. The maximum atomic E-state index is 11.5. The lowest BCUT2D eigenvalue weighted by Gasteiger charge is -2.15. The number of hydrogen-bond acceptors (Lipinski definition) is 3. The van der Waals surface area contributed by atoms with Gasteiger partial charge in [-0.3, -0.25) is 4.79 Å². The van der Waals surface area contributed by atoms with E-state index < -0.39 is 0 Å². The summed E-state index contributed by atoms with van der Waals surface area (Å²) in [5.74, 6) is 0.0624. The van der Waals surface area contributed by atoms with Crippen LogP contribution in [-0.4, -0.2) is 36.4 Å². The molecule has 0 aromatic heterocycles. The van der Waals surface area contributed by atoms with Crippen LogP contribution in [0.15, 0.2) is 0 Å². The second-order valence-corrected chi connectivity index (χ2v) is 4.17. The third kappa shape index (κ3) is 5.14. The molecule has 1 amide bonds. The number of nitrogens with one attached hydrogen (secondary N) is 1. The SMILES string of the molecule is CC(CCCO)NC(=O)CC1CCCO1. The van der Waals surface area contributed by atoms with Gasteiger partial charge in [-0.1, -0.05) is 0 Å². The molecule has 1 aliphatic rings. The summed E-state index contributed by atoms with van der Waals surface area (Å²) in [6.45, 7) is 2.94. The third-order valence-electron chi connectivity index (χ3n) is 2.64. The molecule has 88 valence electrons. The Morgan fingerprint density at radius 3 is 3.07 bits per heavy atom. The molecule has 1 heterocycles. The maximum absolute atomic E-state index is 11.5. The van der Waals surface area contributed by atoms with Gasteiger partial charge in [0.15, 0.2) is 0 Å². The van der Waals surface area contributed by atoms with Gasteiger partial charge in [0.1, 0.15) is 0 Å². The number of carbonyl (C=O) groups excluding carboxylic acids is 1. The Hall–Kier alpha value is -0.610. The summed E-state index contributed by atoms with van der Waals surface area (Å²) in [6.07, 6.45) is 4.23. The van der Waals surface area contributed by atoms with Crippen LogP contribution >= 0.6 is 0 Å². The molecule has 15 heavy (non-hydrogen) atoms. The molecule has 0 saturated carbocycles. The lowest BCUT2D eigenvalue weighted by atomic mass is 10.1. The fraction of sp³-hybridized carbons (Fsp3) is 0.909. The zero-order valence-corrected chi connectivity index (χ0v) is 9.37. The van der Waals surface area contributed by atoms with Crippen molar-refractivity contribution in [1.29, 1.82) is 0 Å². The van der Waals surface area contributed by atoms with Crippen molar-refractivity contribution in [3.8, 4) is 0 Å². The fourth-order valence-electron chi connectivity index (χ4n) is 1.82. The van der Waals surface area contributed by atoms with Crippen molar-refractivity contribution in [1.82, 2.24) is 5.32 Å². The minimum Gasteiger partial charge on any atom is -0.396 e. The number of aliphatic hydroxyl groups excluding tert-OH is 1. The van der Waals surface area contributed by atoms with Crippen LogP contribution in [0.3, 0.4) is 0 Å². The first-order chi connectivity index (χ1) is 7.22. The van der Waals surface area contributed by atoms with E-state index in [1.54, 1.807) is 0 Å². The zero-order valence-electron chi connectivity index (χ0n) is 9.37. The predicted octanol–water partition coefficient (Wildman–Crippen LogP) is 0.833. The molecular formula is C11H21NO3. The van der Waals surface area contributed by atoms with E-state index in [1.165, 1.54) is 0 Å². The number of rotatable bonds is 6. The number of carbonyl (C=O) groups is 1. The van der Waals surface area contributed by atoms with Gasteiger partial charge in [-0.2, -0.15) is 0 Å². The van der Waals surface area contributed by atoms with Crippen LogP contribution in [0.2, 0.25) is 0 Å². The van der Waals surface area contributed by atoms with Crippen molar-refractivity contribution >= 4 is 5.91 Å². The average Bonchev–Trinajstić information content (AvgIpc) is 2.67. The summed E-state index contributed by atoms with van der Waals surface area (Å²) in [4.78, 5) is 11.5. The van der Waals surface area contributed by atoms with Crippen LogP contribution in [0, 0.1) is 0 Å². The molecule has 0 aliphatic carbocycles. The maximum Gasteiger partial charge on any atom is 0.222 e. The molecule has 1 fully saturated rings. The second-order valence-electron chi connectivity index (χ2n) is 4.17. The topological polar surface area (TPSA) is 58.6 Å². The molecule has 0 aromatic carbocycles. The zero-order chi connectivity index (χ0) is 11.1. The molecule has 1 rings (SSSR count). The van der Waals surface area contributed by atoms with Crippen molar-refractivity contribution in [3.05, 3.63) is 0 Å². The van der Waals surface area contributed by atoms with Gasteiger partial charge >= 0.3 is 0 Å². The fourth-order valence-corrected chi connectivity index (χ4v) is 1.82. The molecule has 1 aliphatic heterocycles. The van der Waals surface area contributed by atoms with Crippen molar-refractivity contribution in [2.75, 3.05) is 13.2 Å². The number of aliphatic hydroxyl groups is 1. The van der Waals surface area contributed by atoms with E-state index in [-0.39, 0.29) is 24.7 Å². The van der Waals surface area contributed by atoms with Crippen molar-refractivity contribution in [2.24, 2.45) is 0 Å². The first kappa shape index (κ1) is 12.5. The van der Waals surface area contributed by atoms with Crippen LogP contribution in [0.25, 0.3) is 0 Å². The van der Waals surface area contributed by atoms with Gasteiger partial charge in [0.25, 0.3) is 0 Å². The molecule has 0 radical (unpaired) electrons. The van der Waals surface area contributed by atoms with Gasteiger partial charge in [0.2, 0.25) is 5.91 Å². The Kier molecular flexibility index (Phi) is 5.65. The molecule has 2 atom stereocenters. The molecule has 0 aromatic rings. The first-order valence-corrected chi connectivity index (χ1v) is 5.74. The summed E-state index contributed by atoms with van der Waals surface area (Å²) in [6, 6.07) is 0.144. The van der Waals surface area contributed by atoms with E-state index in [0.717, 1.165) is 32.3 Å². The second kappa shape index (κ2) is 6.80. The summed E-state index contributed by atoms with van der Waals surface area (Å²) < 4.78 is 5.39. The molecule has 2 unspecified atom stereocenters. The molecule has 0 bridgehead atoms. The highest BCUT2D eigenvalue weighted by atomic mass is 16.5. The Morgan fingerprint density at radius 2 is 2.47 bits per heavy atom. The predicted molar refractivity (Wildman–Crippen MR) is 57.5 cm³/mol. The molecular weight excluding hydrogens is 194 g/mol. The molecule has 0 spiro atoms. The van der Waals surface area contributed by atoms with E-state index in [4.69, 9.17) is 9.84 Å². The molecule has 2 N–H and O–H groups in total. The summed E-state index contributed by atoms with van der Waals surface area (Å²) in [7, 11) is 0. The van der Waals surface area contributed by atoms with Crippen LogP contribution in [0.1, 0.15) is 39.0 Å². The lowest BCUT2D eigenvalue weighted by molar-refractivity contribution is -0.123. The van der Waals surface area contributed by atoms with Gasteiger partial charge in [-0.15, -0.1) is 0 Å². The van der Waals surface area contributed by atoms with E-state index in [9.17, 15) is 4.79 Å². The highest BCUT2D eigenvalue weighted by Crippen LogP contribution is 2.15. The number of hydrogen-bond donors (Lipinski definition) is 2. The van der Waals surface area contributed by atoms with Gasteiger partial charge in [0, 0.05) is 19.3 Å². The molecule has 1 saturated heterocycles. The van der Waals surface area contributed by atoms with Crippen molar-refractivity contribution < 1.29 is 14.6 Å². The average molecular weight is 215 g/mol. The van der Waals surface area contributed by atoms with E-state index in [0.29, 0.717) is 6.42 Å². The van der Waals surface area contributed by atoms with E-state index >= 15 is 0 Å². The largest absolute Gasteiger partial charge is 0.396 e. The molecule has 4 nitrogen and oxygen atoms in total. The summed E-state index contributed by atoms with van der Waals surface area (Å²) in [5, 5.41) is 11.6. The Labute approximate surface area is 91.0 Å². The third-order valence-corrected chi connectivity index (χ3v) is 2.64. The van der Waals surface area contributed by atoms with Crippen molar-refractivity contribution in [3.63, 3.8) is 0 Å². The minimum absolute atomic E-state index is 0.0624. The van der Waals surface area contributed by atoms with Gasteiger partial charge < -0.3 is 15.2 Å².